The van der Waals surface area contributed by atoms with E-state index in [0.29, 0.717) is 63.2 Å². The number of alkyl halides is 1. The number of imide groups is 4. The molecule has 0 bridgehead atoms. The Hall–Kier alpha value is -14.5. The van der Waals surface area contributed by atoms with E-state index in [0.717, 1.165) is 32.3 Å². The molecule has 16 amide bonds. The van der Waals surface area contributed by atoms with Crippen molar-refractivity contribution < 1.29 is 180 Å². The molecule has 11 atom stereocenters. The van der Waals surface area contributed by atoms with Crippen molar-refractivity contribution in [1.82, 2.24) is 65.5 Å². The van der Waals surface area contributed by atoms with Crippen LogP contribution in [0, 0.1) is 27.7 Å². The van der Waals surface area contributed by atoms with E-state index in [1.165, 1.54) is 81.4 Å². The van der Waals surface area contributed by atoms with E-state index in [9.17, 15) is 162 Å². The molecule has 0 radical (unpaired) electrons. The summed E-state index contributed by atoms with van der Waals surface area (Å²) in [5.41, 5.74) is 6.45. The largest absolute Gasteiger partial charge is 0.536 e. The highest BCUT2D eigenvalue weighted by atomic mass is 32.1. The molecule has 4 fully saturated rings. The Bertz CT molecular complexity index is 5810. The molecule has 56 heteroatoms. The number of thiazole rings is 1. The van der Waals surface area contributed by atoms with E-state index in [1.54, 1.807) is 26.2 Å². The molecule has 5 aromatic rings. The van der Waals surface area contributed by atoms with Gasteiger partial charge in [0, 0.05) is 133 Å². The van der Waals surface area contributed by atoms with E-state index in [2.05, 4.69) is 26.3 Å². The number of carbonyl (C=O) groups excluding carboxylic acids is 16. The lowest BCUT2D eigenvalue weighted by Crippen LogP contribution is -2.61. The van der Waals surface area contributed by atoms with Crippen LogP contribution in [0.15, 0.2) is 41.8 Å². The van der Waals surface area contributed by atoms with Crippen molar-refractivity contribution >= 4 is 157 Å². The molecule has 0 saturated carbocycles. The monoisotopic (exact) mass is 2050 g/mol. The Morgan fingerprint density at radius 1 is 0.448 bits per heavy atom. The number of benzene rings is 4. The van der Waals surface area contributed by atoms with Crippen LogP contribution in [-0.4, -0.2) is 373 Å². The number of nitrogens with two attached hydrogens (primary N) is 1. The van der Waals surface area contributed by atoms with Gasteiger partial charge in [0.1, 0.15) is 87.3 Å². The molecule has 13 rings (SSSR count). The highest BCUT2D eigenvalue weighted by molar-refractivity contribution is 7.13. The predicted molar refractivity (Wildman–Crippen MR) is 504 cm³/mol. The van der Waals surface area contributed by atoms with Crippen molar-refractivity contribution in [2.24, 2.45) is 0 Å². The van der Waals surface area contributed by atoms with Crippen molar-refractivity contribution in [3.05, 3.63) is 109 Å². The molecule has 1 aromatic heterocycles. The third-order valence-electron chi connectivity index (χ3n) is 25.8. The number of aromatic carboxylic acids is 3. The summed E-state index contributed by atoms with van der Waals surface area (Å²) >= 11 is 1.10. The van der Waals surface area contributed by atoms with Crippen LogP contribution in [0.1, 0.15) is 155 Å². The van der Waals surface area contributed by atoms with Crippen LogP contribution in [0.5, 0.6) is 40.2 Å². The lowest BCUT2D eigenvalue weighted by molar-refractivity contribution is -0.153. The van der Waals surface area contributed by atoms with Crippen LogP contribution in [0.25, 0.3) is 0 Å². The Kier molecular flexibility index (Phi) is 36.8. The summed E-state index contributed by atoms with van der Waals surface area (Å²) in [6, 6.07) is 1.69. The Labute approximate surface area is 831 Å². The maximum Gasteiger partial charge on any atom is 0.526 e. The van der Waals surface area contributed by atoms with Gasteiger partial charge in [-0.1, -0.05) is 18.2 Å². The number of aromatic hydroxyl groups is 3. The van der Waals surface area contributed by atoms with Crippen LogP contribution < -0.4 is 45.6 Å². The second-order valence-electron chi connectivity index (χ2n) is 35.8. The van der Waals surface area contributed by atoms with Crippen molar-refractivity contribution in [3.8, 4) is 40.2 Å². The molecule has 0 unspecified atom stereocenters. The number of aliphatic hydroxyl groups is 3. The third-order valence-corrected chi connectivity index (χ3v) is 26.5. The van der Waals surface area contributed by atoms with Gasteiger partial charge >= 0.3 is 118 Å². The molecule has 145 heavy (non-hydrogen) atoms. The minimum absolute atomic E-state index is 0.000957. The lowest BCUT2D eigenvalue weighted by atomic mass is 9.63. The Morgan fingerprint density at radius 2 is 0.745 bits per heavy atom. The number of carbonyl (C=O) groups is 19. The quantitative estimate of drug-likeness (QED) is 0.0209. The number of nitrogen functional groups attached to an aromatic ring is 1. The van der Waals surface area contributed by atoms with Crippen molar-refractivity contribution in [1.29, 1.82) is 0 Å². The number of carboxylic acid groups (broad SMARTS) is 3. The summed E-state index contributed by atoms with van der Waals surface area (Å²) in [5.74, 6) is -19.3. The number of aryl methyl sites for hydroxylation is 4. The number of nitrogens with one attached hydrogen (secondary N) is 4. The summed E-state index contributed by atoms with van der Waals surface area (Å²) in [6.45, 7) is 16.5. The number of halogens is 1. The molecule has 0 aliphatic carbocycles. The number of Topliss-reactive ketones (excluding diaryl/α,β-unsaturated/α-hetero) is 4. The predicted octanol–water partition coefficient (Wildman–Crippen LogP) is -1.08. The maximum atomic E-state index is 13.7. The molecule has 8 aliphatic rings. The number of piperazine rings is 4. The highest BCUT2D eigenvalue weighted by Gasteiger charge is 2.51. The average molecular weight is 2050 g/mol. The number of anilines is 1. The number of aromatic nitrogens is 1. The van der Waals surface area contributed by atoms with Gasteiger partial charge in [-0.25, -0.2) is 42.9 Å². The molecular weight excluding hydrogens is 1940 g/mol. The number of carboxylic acids is 3. The number of phenols is 3. The summed E-state index contributed by atoms with van der Waals surface area (Å²) in [5, 5.41) is 142. The fourth-order valence-corrected chi connectivity index (χ4v) is 18.3. The molecule has 4 aromatic carbocycles. The Balaban J connectivity index is 0.000000198. The zero-order valence-electron chi connectivity index (χ0n) is 80.6. The second kappa shape index (κ2) is 47.4. The number of amides is 16. The molecule has 9 heterocycles. The maximum absolute atomic E-state index is 13.7. The van der Waals surface area contributed by atoms with E-state index >= 15 is 0 Å². The fraction of sp³-hybridized carbons (Fsp3) is 0.483. The molecule has 4 saturated heterocycles. The standard InChI is InChI=1S/C23H28BN5O6S.C22H27BFN3O10.2C22H28BN3O10/c1-4-28-8-9-29(20(32)19(28)31)22(33)27-23(3,16-12-36-21(25)26-16)17(30)11-15-10-14-7-5-6-13(2)18(14)35-24(15)34;1-10-7-12-8-13(23(36)37-18(12)15(17(10)30)21(33)34)9-14(29)16(11(2)28)25-22(35)27-6-5-26(4-3-24)19(31)20(27)32;2*1-4-25-5-6-26(20(31)19(25)30)22(34)24-16(11(3)27)14(28)9-13-8-12-7-10(2)17(29)15(21(32)33)18(12)36-23(13)35/h5-7,12,15,34H,4,8-11H2,1-3H3,(H2,25,26)(H,27,33);7,11,13,16,28,30,36H,3-6,8-9H2,1-2H3,(H,25,35)(H,33,34);2*7,11,13,16,27,29,35H,4-6,8-9H2,1-3H3,(H,24,34)(H,32,33)/t15-,23+;11-,13-,16-;11-,13+,16+;11-,13-,16-/m1101/s1. The summed E-state index contributed by atoms with van der Waals surface area (Å²) < 4.78 is 34.3. The normalized spacial score (nSPS) is 19.3. The molecule has 778 valence electrons. The summed E-state index contributed by atoms with van der Waals surface area (Å²) in [4.78, 5) is 248. The van der Waals surface area contributed by atoms with Gasteiger partial charge < -0.3 is 131 Å². The van der Waals surface area contributed by atoms with Gasteiger partial charge in [0.05, 0.1) is 24.0 Å². The molecular formula is C89H111B4FN14O36S. The van der Waals surface area contributed by atoms with E-state index in [-0.39, 0.29) is 142 Å². The van der Waals surface area contributed by atoms with Crippen molar-refractivity contribution in [3.63, 3.8) is 0 Å². The minimum atomic E-state index is -1.66. The third kappa shape index (κ3) is 25.0. The molecule has 8 aliphatic heterocycles. The van der Waals surface area contributed by atoms with Gasteiger partial charge in [0.25, 0.3) is 0 Å². The molecule has 0 spiro atoms. The zero-order valence-corrected chi connectivity index (χ0v) is 81.4. The van der Waals surface area contributed by atoms with E-state index < -0.39 is 253 Å². The summed E-state index contributed by atoms with van der Waals surface area (Å²) in [6.07, 6.45) is -4.98. The number of hydrogen-bond acceptors (Lipinski definition) is 36. The van der Waals surface area contributed by atoms with E-state index in [4.69, 9.17) is 24.4 Å². The topological polar surface area (TPSA) is 737 Å². The average Bonchev–Trinajstić information content (AvgIpc) is 1.28. The Morgan fingerprint density at radius 3 is 1.04 bits per heavy atom. The number of likely N-dealkylation sites (N-methyl/N-ethyl adjacent to an activating group) is 3. The van der Waals surface area contributed by atoms with Gasteiger partial charge in [-0.05, 0) is 165 Å². The second-order valence-corrected chi connectivity index (χ2v) is 36.7. The SMILES string of the molecule is CCN1CCN(C(=O)N[C@@H](C(=O)C[C@H]2Cc3cc(C)c(O)c(C(=O)O)c3OB2O)[C@@H](C)O)C(=O)C1=O.CCN1CCN(C(=O)N[C@@H](C(=O)C[C@H]2Cc3cc(C)c(O)c(C(=O)O)c3OB2O)[C@H](C)O)C(=O)C1=O.CCN1CCN(C(=O)N[C@](C)(C(=O)C[C@H]2Cc3cccc(C)c3OB2O)c2csc(N)n2)C(=O)C1=O.Cc1cc2c(c(C(=O)O)c1O)OB(O)[C@@H](CC(=O)[C@H](NC(=O)N1CCN(CCF)C(=O)C1=O)[C@@H](C)O)C2. The first-order valence-corrected chi connectivity index (χ1v) is 46.9. The first-order valence-electron chi connectivity index (χ1n) is 46.0. The van der Waals surface area contributed by atoms with E-state index in [1.807, 2.05) is 25.1 Å². The first-order chi connectivity index (χ1) is 68.1. The summed E-state index contributed by atoms with van der Waals surface area (Å²) in [7, 11) is -6.06. The van der Waals surface area contributed by atoms with Gasteiger partial charge in [-0.15, -0.1) is 11.3 Å². The fourth-order valence-electron chi connectivity index (χ4n) is 17.6. The van der Waals surface area contributed by atoms with Gasteiger partial charge in [-0.2, -0.15) is 0 Å². The van der Waals surface area contributed by atoms with Crippen LogP contribution in [-0.2, 0) is 88.8 Å². The van der Waals surface area contributed by atoms with Crippen LogP contribution in [0.2, 0.25) is 23.3 Å². The number of para-hydroxylation sites is 1. The minimum Gasteiger partial charge on any atom is -0.536 e. The van der Waals surface area contributed by atoms with Crippen LogP contribution >= 0.6 is 11.3 Å². The number of hydrogen-bond donors (Lipinski definition) is 18. The van der Waals surface area contributed by atoms with Gasteiger partial charge in [0.2, 0.25) is 0 Å². The number of rotatable bonds is 28. The van der Waals surface area contributed by atoms with Crippen molar-refractivity contribution in [2.75, 3.05) is 90.9 Å². The number of aliphatic hydroxyl groups excluding tert-OH is 3. The van der Waals surface area contributed by atoms with Gasteiger partial charge in [-0.3, -0.25) is 77.1 Å². The highest BCUT2D eigenvalue weighted by Crippen LogP contribution is 2.47. The zero-order chi connectivity index (χ0) is 108. The first kappa shape index (κ1) is 113. The number of urea groups is 4. The van der Waals surface area contributed by atoms with Crippen molar-refractivity contribution in [2.45, 2.75) is 193 Å². The lowest BCUT2D eigenvalue weighted by Gasteiger charge is -2.36. The smallest absolute Gasteiger partial charge is 0.526 e. The molecule has 19 N–H and O–H groups in total. The number of fused-ring (bicyclic) bond motifs is 4. The number of nitrogens with zero attached hydrogens (tertiary/aromatic N) is 9. The number of ketones is 4. The molecule has 50 nitrogen and oxygen atoms in total. The van der Waals surface area contributed by atoms with Crippen LogP contribution in [0.4, 0.5) is 28.7 Å². The van der Waals surface area contributed by atoms with Crippen LogP contribution in [0.3, 0.4) is 0 Å². The van der Waals surface area contributed by atoms with Gasteiger partial charge in [0.15, 0.2) is 28.3 Å².